The van der Waals surface area contributed by atoms with Gasteiger partial charge in [0.1, 0.15) is 5.01 Å². The zero-order chi connectivity index (χ0) is 14.9. The summed E-state index contributed by atoms with van der Waals surface area (Å²) in [6.07, 6.45) is 3.88. The van der Waals surface area contributed by atoms with E-state index in [2.05, 4.69) is 20.2 Å². The maximum Gasteiger partial charge on any atom is 0.235 e. The maximum absolute atomic E-state index is 6.06. The molecule has 3 aromatic rings. The van der Waals surface area contributed by atoms with Gasteiger partial charge in [-0.1, -0.05) is 41.5 Å². The Bertz CT molecular complexity index is 790. The molecule has 1 fully saturated rings. The van der Waals surface area contributed by atoms with E-state index < -0.39 is 0 Å². The fourth-order valence-electron chi connectivity index (χ4n) is 2.81. The van der Waals surface area contributed by atoms with Gasteiger partial charge in [0.05, 0.1) is 6.54 Å². The van der Waals surface area contributed by atoms with Crippen LogP contribution in [-0.2, 0) is 6.54 Å². The lowest BCUT2D eigenvalue weighted by Crippen LogP contribution is -2.30. The molecule has 22 heavy (non-hydrogen) atoms. The van der Waals surface area contributed by atoms with Crippen LogP contribution in [-0.4, -0.2) is 37.8 Å². The monoisotopic (exact) mass is 333 g/mol. The van der Waals surface area contributed by atoms with Crippen molar-refractivity contribution in [2.24, 2.45) is 0 Å². The second kappa shape index (κ2) is 5.95. The fraction of sp³-hybridized carbons (Fsp3) is 0.400. The summed E-state index contributed by atoms with van der Waals surface area (Å²) in [5, 5.41) is 14.9. The van der Waals surface area contributed by atoms with Gasteiger partial charge in [-0.3, -0.25) is 4.90 Å². The Balaban J connectivity index is 1.64. The molecule has 2 aromatic heterocycles. The average Bonchev–Trinajstić information content (AvgIpc) is 3.11. The predicted molar refractivity (Wildman–Crippen MR) is 88.2 cm³/mol. The summed E-state index contributed by atoms with van der Waals surface area (Å²) in [7, 11) is 0. The summed E-state index contributed by atoms with van der Waals surface area (Å²) in [5.74, 6) is 0.918. The molecule has 1 aromatic carbocycles. The Morgan fingerprint density at radius 1 is 1.14 bits per heavy atom. The van der Waals surface area contributed by atoms with Crippen LogP contribution in [0.3, 0.4) is 0 Å². The number of hydrogen-bond donors (Lipinski definition) is 0. The van der Waals surface area contributed by atoms with Gasteiger partial charge in [-0.2, -0.15) is 9.61 Å². The first kappa shape index (κ1) is 14.1. The zero-order valence-electron chi connectivity index (χ0n) is 12.1. The molecule has 4 rings (SSSR count). The molecule has 114 valence electrons. The number of fused-ring (bicyclic) bond motifs is 1. The van der Waals surface area contributed by atoms with E-state index >= 15 is 0 Å². The number of nitrogens with zero attached hydrogens (tertiary/aromatic N) is 5. The highest BCUT2D eigenvalue weighted by atomic mass is 35.5. The molecule has 1 saturated heterocycles. The first-order valence-corrected chi connectivity index (χ1v) is 8.68. The highest BCUT2D eigenvalue weighted by molar-refractivity contribution is 7.19. The molecule has 0 bridgehead atoms. The van der Waals surface area contributed by atoms with Gasteiger partial charge in [-0.15, -0.1) is 10.2 Å². The van der Waals surface area contributed by atoms with E-state index in [0.29, 0.717) is 0 Å². The van der Waals surface area contributed by atoms with Crippen molar-refractivity contribution in [1.82, 2.24) is 24.7 Å². The molecule has 0 amide bonds. The van der Waals surface area contributed by atoms with Gasteiger partial charge in [0.25, 0.3) is 0 Å². The molecule has 5 nitrogen and oxygen atoms in total. The van der Waals surface area contributed by atoms with Crippen LogP contribution in [0.25, 0.3) is 15.5 Å². The van der Waals surface area contributed by atoms with Crippen molar-refractivity contribution in [2.45, 2.75) is 25.8 Å². The lowest BCUT2D eigenvalue weighted by molar-refractivity contribution is 0.214. The number of rotatable bonds is 3. The Labute approximate surface area is 137 Å². The van der Waals surface area contributed by atoms with Crippen LogP contribution < -0.4 is 0 Å². The third kappa shape index (κ3) is 2.74. The molecule has 0 N–H and O–H groups in total. The second-order valence-corrected chi connectivity index (χ2v) is 6.96. The average molecular weight is 334 g/mol. The summed E-state index contributed by atoms with van der Waals surface area (Å²) < 4.78 is 1.87. The van der Waals surface area contributed by atoms with Crippen LogP contribution in [0.4, 0.5) is 0 Å². The maximum atomic E-state index is 6.06. The Kier molecular flexibility index (Phi) is 3.82. The number of hydrogen-bond acceptors (Lipinski definition) is 5. The summed E-state index contributed by atoms with van der Waals surface area (Å²) in [6.45, 7) is 3.10. The van der Waals surface area contributed by atoms with Crippen LogP contribution in [0.15, 0.2) is 24.3 Å². The molecule has 0 saturated carbocycles. The summed E-state index contributed by atoms with van der Waals surface area (Å²) >= 11 is 7.61. The minimum Gasteiger partial charge on any atom is -0.296 e. The number of likely N-dealkylation sites (tertiary alicyclic amines) is 1. The molecule has 0 aliphatic carbocycles. The quantitative estimate of drug-likeness (QED) is 0.736. The van der Waals surface area contributed by atoms with Crippen LogP contribution >= 0.6 is 22.9 Å². The van der Waals surface area contributed by atoms with Crippen molar-refractivity contribution in [3.05, 3.63) is 35.1 Å². The fourth-order valence-corrected chi connectivity index (χ4v) is 3.86. The third-order valence-electron chi connectivity index (χ3n) is 3.94. The SMILES string of the molecule is Clc1cccc(-c2nn3c(CN4CCCCC4)nnc3s2)c1. The van der Waals surface area contributed by atoms with E-state index in [9.17, 15) is 0 Å². The molecule has 7 heteroatoms. The van der Waals surface area contributed by atoms with E-state index in [1.54, 1.807) is 11.3 Å². The Morgan fingerprint density at radius 2 is 2.00 bits per heavy atom. The minimum atomic E-state index is 0.719. The third-order valence-corrected chi connectivity index (χ3v) is 5.12. The first-order valence-electron chi connectivity index (χ1n) is 7.49. The van der Waals surface area contributed by atoms with Crippen molar-refractivity contribution in [1.29, 1.82) is 0 Å². The second-order valence-electron chi connectivity index (χ2n) is 5.56. The molecule has 0 atom stereocenters. The number of aromatic nitrogens is 4. The highest BCUT2D eigenvalue weighted by Gasteiger charge is 2.17. The van der Waals surface area contributed by atoms with Crippen molar-refractivity contribution >= 4 is 27.9 Å². The molecule has 0 unspecified atom stereocenters. The minimum absolute atomic E-state index is 0.719. The normalized spacial score (nSPS) is 16.4. The predicted octanol–water partition coefficient (Wildman–Crippen LogP) is 3.49. The van der Waals surface area contributed by atoms with E-state index in [0.717, 1.165) is 46.0 Å². The Hall–Kier alpha value is -1.50. The molecule has 1 aliphatic heterocycles. The van der Waals surface area contributed by atoms with E-state index in [-0.39, 0.29) is 0 Å². The Morgan fingerprint density at radius 3 is 2.82 bits per heavy atom. The molecular weight excluding hydrogens is 318 g/mol. The van der Waals surface area contributed by atoms with Crippen LogP contribution in [0, 0.1) is 0 Å². The molecule has 1 aliphatic rings. The largest absolute Gasteiger partial charge is 0.296 e. The van der Waals surface area contributed by atoms with Crippen molar-refractivity contribution in [3.8, 4) is 10.6 Å². The van der Waals surface area contributed by atoms with Crippen LogP contribution in [0.5, 0.6) is 0 Å². The molecule has 0 radical (unpaired) electrons. The lowest BCUT2D eigenvalue weighted by Gasteiger charge is -2.25. The van der Waals surface area contributed by atoms with Gasteiger partial charge in [-0.25, -0.2) is 0 Å². The van der Waals surface area contributed by atoms with E-state index in [4.69, 9.17) is 11.6 Å². The summed E-state index contributed by atoms with van der Waals surface area (Å²) in [6, 6.07) is 7.75. The standard InChI is InChI=1S/C15H16ClN5S/c16-12-6-4-5-11(9-12)14-19-21-13(17-18-15(21)22-14)10-20-7-2-1-3-8-20/h4-6,9H,1-3,7-8,10H2. The van der Waals surface area contributed by atoms with Gasteiger partial charge in [-0.05, 0) is 38.1 Å². The van der Waals surface area contributed by atoms with Gasteiger partial charge < -0.3 is 0 Å². The van der Waals surface area contributed by atoms with Gasteiger partial charge in [0.15, 0.2) is 5.82 Å². The van der Waals surface area contributed by atoms with Gasteiger partial charge >= 0.3 is 0 Å². The number of piperidine rings is 1. The molecule has 3 heterocycles. The van der Waals surface area contributed by atoms with Crippen molar-refractivity contribution in [3.63, 3.8) is 0 Å². The molecule has 0 spiro atoms. The molecular formula is C15H16ClN5S. The van der Waals surface area contributed by atoms with Gasteiger partial charge in [0, 0.05) is 10.6 Å². The zero-order valence-corrected chi connectivity index (χ0v) is 13.6. The summed E-state index contributed by atoms with van der Waals surface area (Å²) in [5.41, 5.74) is 1.02. The smallest absolute Gasteiger partial charge is 0.235 e. The van der Waals surface area contributed by atoms with Gasteiger partial charge in [0.2, 0.25) is 4.96 Å². The van der Waals surface area contributed by atoms with E-state index in [1.165, 1.54) is 19.3 Å². The topological polar surface area (TPSA) is 46.3 Å². The van der Waals surface area contributed by atoms with Crippen molar-refractivity contribution in [2.75, 3.05) is 13.1 Å². The van der Waals surface area contributed by atoms with Crippen LogP contribution in [0.1, 0.15) is 25.1 Å². The highest BCUT2D eigenvalue weighted by Crippen LogP contribution is 2.27. The first-order chi connectivity index (χ1) is 10.8. The van der Waals surface area contributed by atoms with Crippen LogP contribution in [0.2, 0.25) is 5.02 Å². The summed E-state index contributed by atoms with van der Waals surface area (Å²) in [4.78, 5) is 3.26. The van der Waals surface area contributed by atoms with E-state index in [1.807, 2.05) is 28.8 Å². The lowest BCUT2D eigenvalue weighted by atomic mass is 10.1. The van der Waals surface area contributed by atoms with Crippen molar-refractivity contribution < 1.29 is 0 Å². The number of benzene rings is 1. The number of halogens is 1.